The highest BCUT2D eigenvalue weighted by Crippen LogP contribution is 2.68. The lowest BCUT2D eigenvalue weighted by Gasteiger charge is -2.61. The SMILES string of the molecule is CC(C)CCC[C@@H](C)[C@H]1CC[C@H]2[C@@H]3CC[C@H]4C[C@H](NC(=O)NC(CCC(=O)O)(CCC(=O)O)CCC(=O)O)CC[C@]4(C)[C@H]3CC[C@]12C. The molecule has 0 aromatic rings. The van der Waals surface area contributed by atoms with Gasteiger partial charge in [0, 0.05) is 30.8 Å². The molecule has 9 atom stereocenters. The van der Waals surface area contributed by atoms with Gasteiger partial charge in [-0.05, 0) is 129 Å². The number of carboxylic acids is 3. The molecule has 4 saturated carbocycles. The Morgan fingerprint density at radius 3 is 1.89 bits per heavy atom. The number of urea groups is 1. The van der Waals surface area contributed by atoms with Gasteiger partial charge in [-0.2, -0.15) is 0 Å². The van der Waals surface area contributed by atoms with Gasteiger partial charge in [0.05, 0.1) is 0 Å². The molecule has 5 N–H and O–H groups in total. The van der Waals surface area contributed by atoms with Crippen molar-refractivity contribution in [3.05, 3.63) is 0 Å². The van der Waals surface area contributed by atoms with Crippen LogP contribution in [0, 0.1) is 52.3 Å². The molecule has 4 aliphatic rings. The molecule has 0 bridgehead atoms. The molecule has 4 rings (SSSR count). The molecule has 268 valence electrons. The van der Waals surface area contributed by atoms with Crippen molar-refractivity contribution >= 4 is 23.9 Å². The molecule has 47 heavy (non-hydrogen) atoms. The van der Waals surface area contributed by atoms with E-state index in [0.717, 1.165) is 54.8 Å². The highest BCUT2D eigenvalue weighted by molar-refractivity contribution is 5.76. The molecule has 0 radical (unpaired) electrons. The molecule has 9 nitrogen and oxygen atoms in total. The van der Waals surface area contributed by atoms with E-state index in [1.165, 1.54) is 57.8 Å². The Hall–Kier alpha value is -2.32. The Kier molecular flexibility index (Phi) is 12.4. The Bertz CT molecular complexity index is 1080. The highest BCUT2D eigenvalue weighted by atomic mass is 16.4. The van der Waals surface area contributed by atoms with E-state index in [2.05, 4.69) is 45.3 Å². The number of hydrogen-bond acceptors (Lipinski definition) is 4. The maximum absolute atomic E-state index is 13.4. The van der Waals surface area contributed by atoms with Gasteiger partial charge in [0.15, 0.2) is 0 Å². The van der Waals surface area contributed by atoms with E-state index in [1.54, 1.807) is 0 Å². The predicted octanol–water partition coefficient (Wildman–Crippen LogP) is 8.11. The molecule has 2 amide bonds. The number of carbonyl (C=O) groups is 4. The zero-order valence-corrected chi connectivity index (χ0v) is 29.8. The Labute approximate surface area is 282 Å². The molecule has 0 heterocycles. The van der Waals surface area contributed by atoms with Gasteiger partial charge in [0.2, 0.25) is 0 Å². The molecule has 0 aliphatic heterocycles. The first-order chi connectivity index (χ1) is 22.1. The minimum atomic E-state index is -1.22. The maximum atomic E-state index is 13.4. The minimum Gasteiger partial charge on any atom is -0.481 e. The summed E-state index contributed by atoms with van der Waals surface area (Å²) in [5, 5.41) is 34.0. The van der Waals surface area contributed by atoms with Crippen LogP contribution in [-0.4, -0.2) is 50.8 Å². The maximum Gasteiger partial charge on any atom is 0.315 e. The molecule has 0 aromatic carbocycles. The predicted molar refractivity (Wildman–Crippen MR) is 182 cm³/mol. The quantitative estimate of drug-likeness (QED) is 0.112. The molecular weight excluding hydrogens is 596 g/mol. The fourth-order valence-electron chi connectivity index (χ4n) is 11.5. The van der Waals surface area contributed by atoms with Crippen LogP contribution < -0.4 is 10.6 Å². The first-order valence-electron chi connectivity index (χ1n) is 18.8. The van der Waals surface area contributed by atoms with Crippen LogP contribution in [0.4, 0.5) is 4.79 Å². The van der Waals surface area contributed by atoms with Crippen LogP contribution in [-0.2, 0) is 14.4 Å². The summed E-state index contributed by atoms with van der Waals surface area (Å²) in [5.74, 6) is 2.11. The molecule has 4 fully saturated rings. The average molecular weight is 661 g/mol. The third-order valence-corrected chi connectivity index (χ3v) is 14.0. The van der Waals surface area contributed by atoms with Crippen LogP contribution in [0.15, 0.2) is 0 Å². The molecule has 4 aliphatic carbocycles. The van der Waals surface area contributed by atoms with Crippen molar-refractivity contribution in [2.75, 3.05) is 0 Å². The van der Waals surface area contributed by atoms with Crippen LogP contribution in [0.25, 0.3) is 0 Å². The first kappa shape index (κ1) is 37.5. The third-order valence-electron chi connectivity index (χ3n) is 14.0. The lowest BCUT2D eigenvalue weighted by Crippen LogP contribution is -2.58. The molecule has 0 unspecified atom stereocenters. The number of nitrogens with one attached hydrogen (secondary N) is 2. The third kappa shape index (κ3) is 8.83. The Morgan fingerprint density at radius 2 is 1.32 bits per heavy atom. The normalized spacial score (nSPS) is 34.1. The summed E-state index contributed by atoms with van der Waals surface area (Å²) in [5.41, 5.74) is -0.485. The van der Waals surface area contributed by atoms with Gasteiger partial charge in [-0.25, -0.2) is 4.79 Å². The second kappa shape index (κ2) is 15.5. The van der Waals surface area contributed by atoms with Crippen molar-refractivity contribution in [3.8, 4) is 0 Å². The van der Waals surface area contributed by atoms with Crippen LogP contribution >= 0.6 is 0 Å². The summed E-state index contributed by atoms with van der Waals surface area (Å²) in [6, 6.07) is -0.474. The van der Waals surface area contributed by atoms with Gasteiger partial charge in [0.25, 0.3) is 0 Å². The highest BCUT2D eigenvalue weighted by Gasteiger charge is 2.60. The largest absolute Gasteiger partial charge is 0.481 e. The number of rotatable bonds is 16. The minimum absolute atomic E-state index is 0.0165. The number of fused-ring (bicyclic) bond motifs is 5. The first-order valence-corrected chi connectivity index (χ1v) is 18.8. The van der Waals surface area contributed by atoms with Gasteiger partial charge in [0.1, 0.15) is 0 Å². The molecule has 0 saturated heterocycles. The van der Waals surface area contributed by atoms with E-state index in [1.807, 2.05) is 0 Å². The van der Waals surface area contributed by atoms with Gasteiger partial charge < -0.3 is 26.0 Å². The zero-order chi connectivity index (χ0) is 34.6. The number of carboxylic acid groups (broad SMARTS) is 3. The van der Waals surface area contributed by atoms with E-state index in [4.69, 9.17) is 0 Å². The second-order valence-corrected chi connectivity index (χ2v) is 17.2. The summed E-state index contributed by atoms with van der Waals surface area (Å²) in [6.07, 6.45) is 13.9. The fraction of sp³-hybridized carbons (Fsp3) is 0.895. The van der Waals surface area contributed by atoms with Crippen molar-refractivity contribution in [2.45, 2.75) is 162 Å². The molecule has 0 spiro atoms. The molecule has 9 heteroatoms. The second-order valence-electron chi connectivity index (χ2n) is 17.2. The summed E-state index contributed by atoms with van der Waals surface area (Å²) in [6.45, 7) is 12.4. The number of carbonyl (C=O) groups excluding carboxylic acids is 1. The van der Waals surface area contributed by atoms with Crippen molar-refractivity contribution < 1.29 is 34.5 Å². The monoisotopic (exact) mass is 660 g/mol. The van der Waals surface area contributed by atoms with Crippen LogP contribution in [0.5, 0.6) is 0 Å². The van der Waals surface area contributed by atoms with Gasteiger partial charge >= 0.3 is 23.9 Å². The summed E-state index contributed by atoms with van der Waals surface area (Å²) < 4.78 is 0. The van der Waals surface area contributed by atoms with Gasteiger partial charge in [-0.1, -0.05) is 53.9 Å². The summed E-state index contributed by atoms with van der Waals surface area (Å²) in [4.78, 5) is 47.6. The van der Waals surface area contributed by atoms with Crippen LogP contribution in [0.3, 0.4) is 0 Å². The standard InChI is InChI=1S/C38H64N2O7/c1-24(2)7-6-8-25(3)29-11-12-30-28-10-9-26-23-27(13-18-36(26,4)31(28)14-19-37(29,30)5)39-35(47)40-38(20-15-32(41)42,21-16-33(43)44)22-17-34(45)46/h24-31H,6-23H2,1-5H3,(H,41,42)(H,43,44)(H,45,46)(H2,39,40,47)/t25-,26+,27-,28+,29-,30+,31+,36+,37-/m1/s1. The van der Waals surface area contributed by atoms with Crippen LogP contribution in [0.2, 0.25) is 0 Å². The van der Waals surface area contributed by atoms with E-state index in [9.17, 15) is 34.5 Å². The summed E-state index contributed by atoms with van der Waals surface area (Å²) >= 11 is 0. The zero-order valence-electron chi connectivity index (χ0n) is 29.8. The van der Waals surface area contributed by atoms with E-state index in [-0.39, 0.29) is 50.0 Å². The van der Waals surface area contributed by atoms with Crippen molar-refractivity contribution in [2.24, 2.45) is 52.3 Å². The van der Waals surface area contributed by atoms with E-state index in [0.29, 0.717) is 11.3 Å². The average Bonchev–Trinajstić information content (AvgIpc) is 3.35. The van der Waals surface area contributed by atoms with E-state index >= 15 is 0 Å². The topological polar surface area (TPSA) is 153 Å². The van der Waals surface area contributed by atoms with Crippen molar-refractivity contribution in [3.63, 3.8) is 0 Å². The van der Waals surface area contributed by atoms with E-state index < -0.39 is 29.5 Å². The lowest BCUT2D eigenvalue weighted by molar-refractivity contribution is -0.137. The molecular formula is C38H64N2O7. The Morgan fingerprint density at radius 1 is 0.745 bits per heavy atom. The number of hydrogen-bond donors (Lipinski definition) is 5. The fourth-order valence-corrected chi connectivity index (χ4v) is 11.5. The smallest absolute Gasteiger partial charge is 0.315 e. The number of aliphatic carboxylic acids is 3. The van der Waals surface area contributed by atoms with Crippen molar-refractivity contribution in [1.82, 2.24) is 10.6 Å². The van der Waals surface area contributed by atoms with Gasteiger partial charge in [-0.3, -0.25) is 14.4 Å². The lowest BCUT2D eigenvalue weighted by atomic mass is 9.44. The number of amides is 2. The summed E-state index contributed by atoms with van der Waals surface area (Å²) in [7, 11) is 0. The van der Waals surface area contributed by atoms with Gasteiger partial charge in [-0.15, -0.1) is 0 Å². The van der Waals surface area contributed by atoms with Crippen LogP contribution in [0.1, 0.15) is 150 Å². The van der Waals surface area contributed by atoms with Crippen molar-refractivity contribution in [1.29, 1.82) is 0 Å². The molecule has 0 aromatic heterocycles. The Balaban J connectivity index is 1.38.